The summed E-state index contributed by atoms with van der Waals surface area (Å²) in [5.41, 5.74) is -1.43. The van der Waals surface area contributed by atoms with E-state index in [1.807, 2.05) is 0 Å². The first-order chi connectivity index (χ1) is 7.41. The van der Waals surface area contributed by atoms with Crippen molar-refractivity contribution in [2.75, 3.05) is 0 Å². The van der Waals surface area contributed by atoms with E-state index in [0.717, 1.165) is 6.07 Å². The first kappa shape index (κ1) is 10.9. The second kappa shape index (κ2) is 3.48. The third-order valence-corrected chi connectivity index (χ3v) is 2.66. The molecule has 0 atom stereocenters. The van der Waals surface area contributed by atoms with E-state index in [-0.39, 0.29) is 12.0 Å². The van der Waals surface area contributed by atoms with E-state index in [1.165, 1.54) is 0 Å². The van der Waals surface area contributed by atoms with Crippen LogP contribution in [0.5, 0.6) is 0 Å². The molecule has 0 unspecified atom stereocenters. The number of benzene rings is 1. The number of aliphatic hydroxyl groups is 1. The molecule has 0 heterocycles. The van der Waals surface area contributed by atoms with Gasteiger partial charge in [-0.05, 0) is 18.9 Å². The second-order valence-corrected chi connectivity index (χ2v) is 4.05. The van der Waals surface area contributed by atoms with Crippen LogP contribution in [0.4, 0.5) is 14.5 Å². The molecule has 16 heavy (non-hydrogen) atoms. The molecule has 0 amide bonds. The van der Waals surface area contributed by atoms with Crippen molar-refractivity contribution >= 4 is 5.69 Å². The van der Waals surface area contributed by atoms with Gasteiger partial charge in [0, 0.05) is 12.0 Å². The molecule has 86 valence electrons. The Bertz CT molecular complexity index is 458. The van der Waals surface area contributed by atoms with Gasteiger partial charge in [-0.1, -0.05) is 0 Å². The van der Waals surface area contributed by atoms with Crippen molar-refractivity contribution in [2.24, 2.45) is 0 Å². The maximum absolute atomic E-state index is 12.9. The van der Waals surface area contributed by atoms with Crippen LogP contribution in [-0.2, 0) is 6.42 Å². The molecule has 1 aliphatic rings. The van der Waals surface area contributed by atoms with Gasteiger partial charge in [-0.2, -0.15) is 0 Å². The van der Waals surface area contributed by atoms with Gasteiger partial charge >= 0.3 is 0 Å². The topological polar surface area (TPSA) is 63.4 Å². The van der Waals surface area contributed by atoms with E-state index >= 15 is 0 Å². The lowest BCUT2D eigenvalue weighted by molar-refractivity contribution is -0.385. The predicted octanol–water partition coefficient (Wildman–Crippen LogP) is 1.94. The lowest BCUT2D eigenvalue weighted by Crippen LogP contribution is -2.12. The minimum atomic E-state index is -1.25. The third-order valence-electron chi connectivity index (χ3n) is 2.66. The highest BCUT2D eigenvalue weighted by Crippen LogP contribution is 2.40. The van der Waals surface area contributed by atoms with E-state index in [0.29, 0.717) is 18.9 Å². The Balaban J connectivity index is 2.41. The average molecular weight is 229 g/mol. The van der Waals surface area contributed by atoms with Crippen LogP contribution in [0.25, 0.3) is 0 Å². The molecule has 0 saturated heterocycles. The molecule has 0 aliphatic heterocycles. The molecule has 1 fully saturated rings. The number of nitro benzene ring substituents is 1. The number of rotatable bonds is 3. The van der Waals surface area contributed by atoms with Crippen LogP contribution in [0.3, 0.4) is 0 Å². The van der Waals surface area contributed by atoms with Crippen LogP contribution < -0.4 is 0 Å². The van der Waals surface area contributed by atoms with Crippen LogP contribution >= 0.6 is 0 Å². The molecule has 2 rings (SSSR count). The maximum Gasteiger partial charge on any atom is 0.275 e. The van der Waals surface area contributed by atoms with Gasteiger partial charge in [-0.3, -0.25) is 10.1 Å². The number of hydrogen-bond acceptors (Lipinski definition) is 3. The summed E-state index contributed by atoms with van der Waals surface area (Å²) in [4.78, 5) is 9.85. The summed E-state index contributed by atoms with van der Waals surface area (Å²) in [5, 5.41) is 20.2. The molecule has 0 aromatic heterocycles. The highest BCUT2D eigenvalue weighted by molar-refractivity contribution is 5.42. The largest absolute Gasteiger partial charge is 0.390 e. The van der Waals surface area contributed by atoms with E-state index < -0.39 is 27.8 Å². The van der Waals surface area contributed by atoms with Crippen molar-refractivity contribution in [3.05, 3.63) is 39.4 Å². The SMILES string of the molecule is O=[N+]([O-])c1cc(F)c(F)cc1CC1(O)CC1. The van der Waals surface area contributed by atoms with Crippen LogP contribution in [0.1, 0.15) is 18.4 Å². The molecule has 1 aromatic carbocycles. The molecule has 1 aliphatic carbocycles. The molecule has 1 aromatic rings. The van der Waals surface area contributed by atoms with Gasteiger partial charge in [0.15, 0.2) is 11.6 Å². The van der Waals surface area contributed by atoms with Gasteiger partial charge in [0.1, 0.15) is 0 Å². The molecule has 0 bridgehead atoms. The van der Waals surface area contributed by atoms with Crippen molar-refractivity contribution in [1.82, 2.24) is 0 Å². The summed E-state index contributed by atoms with van der Waals surface area (Å²) in [6, 6.07) is 1.33. The number of nitro groups is 1. The first-order valence-electron chi connectivity index (χ1n) is 4.76. The minimum Gasteiger partial charge on any atom is -0.390 e. The molecule has 1 saturated carbocycles. The fraction of sp³-hybridized carbons (Fsp3) is 0.400. The second-order valence-electron chi connectivity index (χ2n) is 4.05. The Morgan fingerprint density at radius 2 is 1.94 bits per heavy atom. The zero-order valence-electron chi connectivity index (χ0n) is 8.24. The highest BCUT2D eigenvalue weighted by Gasteiger charge is 2.42. The van der Waals surface area contributed by atoms with E-state index in [9.17, 15) is 24.0 Å². The van der Waals surface area contributed by atoms with Crippen molar-refractivity contribution in [2.45, 2.75) is 24.9 Å². The van der Waals surface area contributed by atoms with Gasteiger partial charge in [0.2, 0.25) is 0 Å². The fourth-order valence-electron chi connectivity index (χ4n) is 1.56. The number of hydrogen-bond donors (Lipinski definition) is 1. The standard InChI is InChI=1S/C10H9F2NO3/c11-7-3-6(5-10(14)1-2-10)9(13(15)16)4-8(7)12/h3-4,14H,1-2,5H2. The van der Waals surface area contributed by atoms with Gasteiger partial charge < -0.3 is 5.11 Å². The maximum atomic E-state index is 12.9. The van der Waals surface area contributed by atoms with Gasteiger partial charge in [0.05, 0.1) is 16.6 Å². The van der Waals surface area contributed by atoms with Gasteiger partial charge in [-0.15, -0.1) is 0 Å². The molecule has 0 spiro atoms. The predicted molar refractivity (Wildman–Crippen MR) is 50.9 cm³/mol. The Kier molecular flexibility index (Phi) is 2.38. The lowest BCUT2D eigenvalue weighted by atomic mass is 10.0. The van der Waals surface area contributed by atoms with Crippen molar-refractivity contribution < 1.29 is 18.8 Å². The van der Waals surface area contributed by atoms with Gasteiger partial charge in [-0.25, -0.2) is 8.78 Å². The van der Waals surface area contributed by atoms with Crippen LogP contribution in [0.2, 0.25) is 0 Å². The van der Waals surface area contributed by atoms with E-state index in [4.69, 9.17) is 0 Å². The van der Waals surface area contributed by atoms with Crippen LogP contribution in [0, 0.1) is 21.7 Å². The normalized spacial score (nSPS) is 17.2. The molecule has 1 N–H and O–H groups in total. The monoisotopic (exact) mass is 229 g/mol. The summed E-state index contributed by atoms with van der Waals surface area (Å²) in [7, 11) is 0. The Morgan fingerprint density at radius 3 is 2.44 bits per heavy atom. The summed E-state index contributed by atoms with van der Waals surface area (Å²) >= 11 is 0. The zero-order chi connectivity index (χ0) is 11.9. The summed E-state index contributed by atoms with van der Waals surface area (Å²) in [5.74, 6) is -2.39. The quantitative estimate of drug-likeness (QED) is 0.636. The third kappa shape index (κ3) is 2.01. The summed E-state index contributed by atoms with van der Waals surface area (Å²) in [6.07, 6.45) is 1.05. The van der Waals surface area contributed by atoms with Gasteiger partial charge in [0.25, 0.3) is 5.69 Å². The van der Waals surface area contributed by atoms with Crippen molar-refractivity contribution in [3.8, 4) is 0 Å². The van der Waals surface area contributed by atoms with Crippen LogP contribution in [-0.4, -0.2) is 15.6 Å². The van der Waals surface area contributed by atoms with E-state index in [1.54, 1.807) is 0 Å². The molecular weight excluding hydrogens is 220 g/mol. The van der Waals surface area contributed by atoms with E-state index in [2.05, 4.69) is 0 Å². The number of nitrogens with zero attached hydrogens (tertiary/aromatic N) is 1. The Labute approximate surface area is 89.7 Å². The van der Waals surface area contributed by atoms with Crippen molar-refractivity contribution in [3.63, 3.8) is 0 Å². The Morgan fingerprint density at radius 1 is 1.38 bits per heavy atom. The molecule has 4 nitrogen and oxygen atoms in total. The fourth-order valence-corrected chi connectivity index (χ4v) is 1.56. The summed E-state index contributed by atoms with van der Waals surface area (Å²) < 4.78 is 25.8. The highest BCUT2D eigenvalue weighted by atomic mass is 19.2. The van der Waals surface area contributed by atoms with Crippen molar-refractivity contribution in [1.29, 1.82) is 0 Å². The zero-order valence-corrected chi connectivity index (χ0v) is 8.24. The molecule has 0 radical (unpaired) electrons. The summed E-state index contributed by atoms with van der Waals surface area (Å²) in [6.45, 7) is 0. The Hall–Kier alpha value is -1.56. The van der Waals surface area contributed by atoms with Crippen LogP contribution in [0.15, 0.2) is 12.1 Å². The smallest absolute Gasteiger partial charge is 0.275 e. The molecule has 6 heteroatoms. The molecular formula is C10H9F2NO3. The lowest BCUT2D eigenvalue weighted by Gasteiger charge is -2.08. The number of halogens is 2. The minimum absolute atomic E-state index is 0.0134. The average Bonchev–Trinajstić information content (AvgIpc) is 2.89. The first-order valence-corrected chi connectivity index (χ1v) is 4.76.